The van der Waals surface area contributed by atoms with Gasteiger partial charge < -0.3 is 15.4 Å². The molecule has 0 bridgehead atoms. The van der Waals surface area contributed by atoms with Gasteiger partial charge in [0.2, 0.25) is 5.88 Å². The van der Waals surface area contributed by atoms with Crippen LogP contribution in [0, 0.1) is 0 Å². The first-order chi connectivity index (χ1) is 12.2. The van der Waals surface area contributed by atoms with Gasteiger partial charge in [-0.1, -0.05) is 40.2 Å². The molecule has 1 aliphatic carbocycles. The molecule has 1 saturated carbocycles. The minimum absolute atomic E-state index is 0.200. The molecule has 2 N–H and O–H groups in total. The third-order valence-electron chi connectivity index (χ3n) is 4.54. The molecule has 132 valence electrons. The van der Waals surface area contributed by atoms with E-state index in [4.69, 9.17) is 4.74 Å². The molecule has 3 rings (SSSR count). The summed E-state index contributed by atoms with van der Waals surface area (Å²) < 4.78 is 6.34. The van der Waals surface area contributed by atoms with E-state index < -0.39 is 0 Å². The van der Waals surface area contributed by atoms with Crippen LogP contribution in [0.25, 0.3) is 0 Å². The SMILES string of the molecule is CN=C(NCc1cccc(OC)n1)NCC1(c2ccccc2Br)CC1. The molecule has 0 unspecified atom stereocenters. The maximum atomic E-state index is 5.16. The Kier molecular flexibility index (Phi) is 5.58. The maximum absolute atomic E-state index is 5.16. The third kappa shape index (κ3) is 4.31. The number of methoxy groups -OCH3 is 1. The summed E-state index contributed by atoms with van der Waals surface area (Å²) in [5, 5.41) is 6.77. The van der Waals surface area contributed by atoms with Crippen LogP contribution in [0.2, 0.25) is 0 Å². The van der Waals surface area contributed by atoms with Gasteiger partial charge in [-0.3, -0.25) is 4.99 Å². The molecule has 0 aliphatic heterocycles. The molecule has 0 atom stereocenters. The number of ether oxygens (including phenoxy) is 1. The fraction of sp³-hybridized carbons (Fsp3) is 0.368. The molecule has 0 radical (unpaired) electrons. The Hall–Kier alpha value is -2.08. The van der Waals surface area contributed by atoms with E-state index in [-0.39, 0.29) is 5.41 Å². The van der Waals surface area contributed by atoms with Crippen molar-refractivity contribution in [3.05, 3.63) is 58.2 Å². The van der Waals surface area contributed by atoms with Crippen molar-refractivity contribution in [2.24, 2.45) is 4.99 Å². The van der Waals surface area contributed by atoms with Crippen LogP contribution in [0.15, 0.2) is 51.9 Å². The van der Waals surface area contributed by atoms with E-state index in [2.05, 4.69) is 60.8 Å². The summed E-state index contributed by atoms with van der Waals surface area (Å²) in [6.45, 7) is 1.46. The summed E-state index contributed by atoms with van der Waals surface area (Å²) in [5.74, 6) is 1.40. The molecule has 1 aromatic heterocycles. The van der Waals surface area contributed by atoms with Crippen LogP contribution in [0.1, 0.15) is 24.1 Å². The minimum Gasteiger partial charge on any atom is -0.481 e. The number of nitrogens with one attached hydrogen (secondary N) is 2. The Morgan fingerprint density at radius 3 is 2.68 bits per heavy atom. The fourth-order valence-electron chi connectivity index (χ4n) is 2.90. The monoisotopic (exact) mass is 402 g/mol. The van der Waals surface area contributed by atoms with Crippen molar-refractivity contribution in [1.82, 2.24) is 15.6 Å². The van der Waals surface area contributed by atoms with Gasteiger partial charge in [0, 0.05) is 29.5 Å². The summed E-state index contributed by atoms with van der Waals surface area (Å²) >= 11 is 3.68. The number of aliphatic imine (C=N–C) groups is 1. The predicted octanol–water partition coefficient (Wildman–Crippen LogP) is 3.25. The Labute approximate surface area is 157 Å². The fourth-order valence-corrected chi connectivity index (χ4v) is 3.61. The second-order valence-electron chi connectivity index (χ2n) is 6.21. The molecule has 5 nitrogen and oxygen atoms in total. The topological polar surface area (TPSA) is 58.5 Å². The van der Waals surface area contributed by atoms with Gasteiger partial charge in [0.15, 0.2) is 5.96 Å². The maximum Gasteiger partial charge on any atom is 0.213 e. The number of benzene rings is 1. The number of nitrogens with zero attached hydrogens (tertiary/aromatic N) is 2. The Balaban J connectivity index is 1.57. The van der Waals surface area contributed by atoms with Crippen molar-refractivity contribution in [2.75, 3.05) is 20.7 Å². The van der Waals surface area contributed by atoms with Crippen LogP contribution in [-0.4, -0.2) is 31.6 Å². The van der Waals surface area contributed by atoms with E-state index in [9.17, 15) is 0 Å². The zero-order valence-corrected chi connectivity index (χ0v) is 16.1. The van der Waals surface area contributed by atoms with Crippen molar-refractivity contribution < 1.29 is 4.74 Å². The van der Waals surface area contributed by atoms with Crippen LogP contribution in [0.3, 0.4) is 0 Å². The molecule has 6 heteroatoms. The normalized spacial score (nSPS) is 15.6. The van der Waals surface area contributed by atoms with E-state index in [0.29, 0.717) is 12.4 Å². The van der Waals surface area contributed by atoms with Gasteiger partial charge in [-0.05, 0) is 30.5 Å². The lowest BCUT2D eigenvalue weighted by atomic mass is 9.96. The van der Waals surface area contributed by atoms with Crippen LogP contribution in [-0.2, 0) is 12.0 Å². The van der Waals surface area contributed by atoms with Gasteiger partial charge in [0.1, 0.15) is 0 Å². The molecule has 2 aromatic rings. The lowest BCUT2D eigenvalue weighted by Crippen LogP contribution is -2.41. The number of rotatable bonds is 6. The Bertz CT molecular complexity index is 759. The lowest BCUT2D eigenvalue weighted by Gasteiger charge is -2.20. The summed E-state index contributed by atoms with van der Waals surface area (Å²) in [7, 11) is 3.41. The lowest BCUT2D eigenvalue weighted by molar-refractivity contribution is 0.396. The average molecular weight is 403 g/mol. The van der Waals surface area contributed by atoms with E-state index in [1.54, 1.807) is 14.2 Å². The highest BCUT2D eigenvalue weighted by Crippen LogP contribution is 2.49. The summed E-state index contributed by atoms with van der Waals surface area (Å²) in [5.41, 5.74) is 2.48. The first-order valence-corrected chi connectivity index (χ1v) is 9.16. The molecular weight excluding hydrogens is 380 g/mol. The summed E-state index contributed by atoms with van der Waals surface area (Å²) in [6, 6.07) is 14.2. The van der Waals surface area contributed by atoms with Crippen molar-refractivity contribution in [1.29, 1.82) is 0 Å². The van der Waals surface area contributed by atoms with Crippen LogP contribution in [0.4, 0.5) is 0 Å². The second-order valence-corrected chi connectivity index (χ2v) is 7.07. The standard InChI is InChI=1S/C19H23BrN4O/c1-21-18(22-12-14-6-5-9-17(24-14)25-2)23-13-19(10-11-19)15-7-3-4-8-16(15)20/h3-9H,10-13H2,1-2H3,(H2,21,22,23). The van der Waals surface area contributed by atoms with Crippen molar-refractivity contribution in [3.8, 4) is 5.88 Å². The smallest absolute Gasteiger partial charge is 0.213 e. The molecular formula is C19H23BrN4O. The van der Waals surface area contributed by atoms with Crippen molar-refractivity contribution in [3.63, 3.8) is 0 Å². The predicted molar refractivity (Wildman–Crippen MR) is 104 cm³/mol. The van der Waals surface area contributed by atoms with Gasteiger partial charge in [-0.15, -0.1) is 0 Å². The first-order valence-electron chi connectivity index (χ1n) is 8.36. The van der Waals surface area contributed by atoms with Gasteiger partial charge >= 0.3 is 0 Å². The molecule has 1 fully saturated rings. The van der Waals surface area contributed by atoms with Gasteiger partial charge in [0.05, 0.1) is 19.3 Å². The van der Waals surface area contributed by atoms with Crippen LogP contribution < -0.4 is 15.4 Å². The van der Waals surface area contributed by atoms with E-state index >= 15 is 0 Å². The second kappa shape index (κ2) is 7.87. The highest BCUT2D eigenvalue weighted by Gasteiger charge is 2.45. The Morgan fingerprint density at radius 2 is 2.00 bits per heavy atom. The quantitative estimate of drug-likeness (QED) is 0.574. The zero-order chi connectivity index (χ0) is 17.7. The summed E-state index contributed by atoms with van der Waals surface area (Å²) in [6.07, 6.45) is 2.38. The first kappa shape index (κ1) is 17.7. The third-order valence-corrected chi connectivity index (χ3v) is 5.24. The van der Waals surface area contributed by atoms with Crippen molar-refractivity contribution >= 4 is 21.9 Å². The summed E-state index contributed by atoms with van der Waals surface area (Å²) in [4.78, 5) is 8.72. The number of hydrogen-bond acceptors (Lipinski definition) is 3. The molecule has 1 heterocycles. The van der Waals surface area contributed by atoms with E-state index in [1.165, 1.54) is 22.9 Å². The number of guanidine groups is 1. The zero-order valence-electron chi connectivity index (χ0n) is 14.6. The number of pyridine rings is 1. The molecule has 1 aromatic carbocycles. The Morgan fingerprint density at radius 1 is 1.20 bits per heavy atom. The molecule has 1 aliphatic rings. The average Bonchev–Trinajstić information content (AvgIpc) is 3.43. The molecule has 0 spiro atoms. The minimum atomic E-state index is 0.200. The van der Waals surface area contributed by atoms with Gasteiger partial charge in [-0.25, -0.2) is 4.98 Å². The number of halogens is 1. The van der Waals surface area contributed by atoms with Crippen LogP contribution in [0.5, 0.6) is 5.88 Å². The molecule has 0 saturated heterocycles. The number of aromatic nitrogens is 1. The van der Waals surface area contributed by atoms with E-state index in [0.717, 1.165) is 18.2 Å². The molecule has 0 amide bonds. The van der Waals surface area contributed by atoms with Crippen LogP contribution >= 0.6 is 15.9 Å². The largest absolute Gasteiger partial charge is 0.481 e. The van der Waals surface area contributed by atoms with Gasteiger partial charge in [0.25, 0.3) is 0 Å². The van der Waals surface area contributed by atoms with Crippen molar-refractivity contribution in [2.45, 2.75) is 24.8 Å². The van der Waals surface area contributed by atoms with Gasteiger partial charge in [-0.2, -0.15) is 0 Å². The highest BCUT2D eigenvalue weighted by molar-refractivity contribution is 9.10. The van der Waals surface area contributed by atoms with E-state index in [1.807, 2.05) is 18.2 Å². The molecule has 25 heavy (non-hydrogen) atoms. The highest BCUT2D eigenvalue weighted by atomic mass is 79.9. The number of hydrogen-bond donors (Lipinski definition) is 2.